The van der Waals surface area contributed by atoms with Crippen LogP contribution in [0.3, 0.4) is 0 Å². The molecule has 2 rings (SSSR count). The second-order valence-corrected chi connectivity index (χ2v) is 5.14. The maximum Gasteiger partial charge on any atom is 0.121 e. The number of nitriles is 1. The highest BCUT2D eigenvalue weighted by Crippen LogP contribution is 2.31. The van der Waals surface area contributed by atoms with E-state index in [4.69, 9.17) is 16.9 Å². The summed E-state index contributed by atoms with van der Waals surface area (Å²) in [6.07, 6.45) is 0. The zero-order valence-electron chi connectivity index (χ0n) is 11.3. The van der Waals surface area contributed by atoms with Gasteiger partial charge in [0.15, 0.2) is 0 Å². The van der Waals surface area contributed by atoms with Crippen molar-refractivity contribution in [2.45, 2.75) is 19.9 Å². The third-order valence-electron chi connectivity index (χ3n) is 3.12. The molecular formula is C16H15ClN2O. The van der Waals surface area contributed by atoms with E-state index in [0.29, 0.717) is 10.6 Å². The summed E-state index contributed by atoms with van der Waals surface area (Å²) in [6.45, 7) is 3.87. The predicted octanol–water partition coefficient (Wildman–Crippen LogP) is 4.40. The Morgan fingerprint density at radius 1 is 1.25 bits per heavy atom. The van der Waals surface area contributed by atoms with Crippen LogP contribution in [0.4, 0.5) is 5.69 Å². The second-order valence-electron chi connectivity index (χ2n) is 4.73. The molecule has 0 aliphatic carbocycles. The van der Waals surface area contributed by atoms with Crippen molar-refractivity contribution < 1.29 is 5.11 Å². The fourth-order valence-electron chi connectivity index (χ4n) is 2.03. The fourth-order valence-corrected chi connectivity index (χ4v) is 2.27. The van der Waals surface area contributed by atoms with Gasteiger partial charge in [0.2, 0.25) is 0 Å². The van der Waals surface area contributed by atoms with Crippen LogP contribution >= 0.6 is 11.6 Å². The van der Waals surface area contributed by atoms with E-state index in [9.17, 15) is 5.11 Å². The average molecular weight is 287 g/mol. The molecule has 20 heavy (non-hydrogen) atoms. The van der Waals surface area contributed by atoms with Crippen LogP contribution in [-0.2, 0) is 0 Å². The number of benzene rings is 2. The summed E-state index contributed by atoms with van der Waals surface area (Å²) in [6, 6.07) is 12.6. The van der Waals surface area contributed by atoms with Crippen molar-refractivity contribution in [3.8, 4) is 11.8 Å². The van der Waals surface area contributed by atoms with Crippen molar-refractivity contribution in [2.75, 3.05) is 5.32 Å². The van der Waals surface area contributed by atoms with Crippen LogP contribution in [-0.4, -0.2) is 5.11 Å². The van der Waals surface area contributed by atoms with Gasteiger partial charge in [-0.15, -0.1) is 0 Å². The largest absolute Gasteiger partial charge is 0.508 e. The summed E-state index contributed by atoms with van der Waals surface area (Å²) in [5.41, 5.74) is 3.07. The van der Waals surface area contributed by atoms with Crippen LogP contribution in [0.5, 0.6) is 5.75 Å². The molecule has 0 amide bonds. The minimum atomic E-state index is -0.0963. The van der Waals surface area contributed by atoms with Crippen LogP contribution < -0.4 is 5.32 Å². The Balaban J connectivity index is 2.23. The zero-order valence-corrected chi connectivity index (χ0v) is 12.1. The minimum Gasteiger partial charge on any atom is -0.508 e. The first-order valence-electron chi connectivity index (χ1n) is 6.27. The third-order valence-corrected chi connectivity index (χ3v) is 3.44. The quantitative estimate of drug-likeness (QED) is 0.879. The lowest BCUT2D eigenvalue weighted by atomic mass is 10.0. The number of phenolic OH excluding ortho intramolecular Hbond substituents is 1. The van der Waals surface area contributed by atoms with E-state index in [0.717, 1.165) is 16.8 Å². The van der Waals surface area contributed by atoms with E-state index in [1.165, 1.54) is 0 Å². The Labute approximate surface area is 123 Å². The number of phenols is 1. The number of aryl methyl sites for hydroxylation is 1. The summed E-state index contributed by atoms with van der Waals surface area (Å²) in [4.78, 5) is 0. The van der Waals surface area contributed by atoms with Crippen LogP contribution in [0.1, 0.15) is 29.7 Å². The monoisotopic (exact) mass is 286 g/mol. The van der Waals surface area contributed by atoms with Crippen LogP contribution in [0.15, 0.2) is 36.4 Å². The molecule has 0 aliphatic heterocycles. The molecule has 1 unspecified atom stereocenters. The highest BCUT2D eigenvalue weighted by atomic mass is 35.5. The molecule has 2 aromatic carbocycles. The Morgan fingerprint density at radius 2 is 2.00 bits per heavy atom. The van der Waals surface area contributed by atoms with Gasteiger partial charge in [0.1, 0.15) is 5.75 Å². The Kier molecular flexibility index (Phi) is 4.16. The molecule has 4 heteroatoms. The first kappa shape index (κ1) is 14.2. The van der Waals surface area contributed by atoms with Gasteiger partial charge in [-0.1, -0.05) is 23.7 Å². The van der Waals surface area contributed by atoms with E-state index in [1.807, 2.05) is 32.0 Å². The molecule has 0 bridgehead atoms. The van der Waals surface area contributed by atoms with Crippen LogP contribution in [0.2, 0.25) is 5.02 Å². The molecule has 102 valence electrons. The topological polar surface area (TPSA) is 56.0 Å². The third kappa shape index (κ3) is 3.04. The van der Waals surface area contributed by atoms with E-state index < -0.39 is 0 Å². The smallest absolute Gasteiger partial charge is 0.121 e. The van der Waals surface area contributed by atoms with Gasteiger partial charge < -0.3 is 10.4 Å². The lowest BCUT2D eigenvalue weighted by Crippen LogP contribution is -2.07. The fraction of sp³-hybridized carbons (Fsp3) is 0.188. The van der Waals surface area contributed by atoms with Gasteiger partial charge >= 0.3 is 0 Å². The standard InChI is InChI=1S/C16H15ClN2O/c1-10-3-5-13(16(20)7-10)11(2)19-15-6-4-12(9-18)8-14(15)17/h3-8,11,19-20H,1-2H3. The maximum atomic E-state index is 9.98. The summed E-state index contributed by atoms with van der Waals surface area (Å²) in [5.74, 6) is 0.259. The van der Waals surface area contributed by atoms with Crippen molar-refractivity contribution in [3.63, 3.8) is 0 Å². The molecule has 0 radical (unpaired) electrons. The number of rotatable bonds is 3. The van der Waals surface area contributed by atoms with Gasteiger partial charge in [0.05, 0.1) is 28.4 Å². The molecule has 1 atom stereocenters. The van der Waals surface area contributed by atoms with E-state index >= 15 is 0 Å². The van der Waals surface area contributed by atoms with E-state index in [-0.39, 0.29) is 11.8 Å². The van der Waals surface area contributed by atoms with Crippen LogP contribution in [0.25, 0.3) is 0 Å². The van der Waals surface area contributed by atoms with Crippen molar-refractivity contribution >= 4 is 17.3 Å². The number of halogens is 1. The number of aromatic hydroxyl groups is 1. The number of nitrogens with one attached hydrogen (secondary N) is 1. The SMILES string of the molecule is Cc1ccc(C(C)Nc2ccc(C#N)cc2Cl)c(O)c1. The highest BCUT2D eigenvalue weighted by molar-refractivity contribution is 6.33. The van der Waals surface area contributed by atoms with Crippen molar-refractivity contribution in [1.82, 2.24) is 0 Å². The second kappa shape index (κ2) is 5.85. The summed E-state index contributed by atoms with van der Waals surface area (Å²) < 4.78 is 0. The summed E-state index contributed by atoms with van der Waals surface area (Å²) in [5, 5.41) is 22.5. The molecule has 0 fully saturated rings. The van der Waals surface area contributed by atoms with Gasteiger partial charge in [-0.25, -0.2) is 0 Å². The molecule has 2 N–H and O–H groups in total. The van der Waals surface area contributed by atoms with Crippen molar-refractivity contribution in [1.29, 1.82) is 5.26 Å². The number of nitrogens with zero attached hydrogens (tertiary/aromatic N) is 1. The number of hydrogen-bond acceptors (Lipinski definition) is 3. The van der Waals surface area contributed by atoms with Crippen molar-refractivity contribution in [3.05, 3.63) is 58.1 Å². The molecule has 0 saturated heterocycles. The normalized spacial score (nSPS) is 11.7. The zero-order chi connectivity index (χ0) is 14.7. The lowest BCUT2D eigenvalue weighted by molar-refractivity contribution is 0.465. The minimum absolute atomic E-state index is 0.0963. The number of anilines is 1. The molecule has 0 heterocycles. The summed E-state index contributed by atoms with van der Waals surface area (Å²) in [7, 11) is 0. The Morgan fingerprint density at radius 3 is 2.60 bits per heavy atom. The molecule has 3 nitrogen and oxygen atoms in total. The Bertz CT molecular complexity index is 677. The molecule has 0 aromatic heterocycles. The first-order valence-corrected chi connectivity index (χ1v) is 6.64. The van der Waals surface area contributed by atoms with Gasteiger partial charge in [-0.05, 0) is 43.7 Å². The molecule has 2 aromatic rings. The van der Waals surface area contributed by atoms with E-state index in [1.54, 1.807) is 24.3 Å². The van der Waals surface area contributed by atoms with Gasteiger partial charge in [-0.3, -0.25) is 0 Å². The van der Waals surface area contributed by atoms with Gasteiger partial charge in [-0.2, -0.15) is 5.26 Å². The summed E-state index contributed by atoms with van der Waals surface area (Å²) >= 11 is 6.13. The molecular weight excluding hydrogens is 272 g/mol. The maximum absolute atomic E-state index is 9.98. The van der Waals surface area contributed by atoms with Crippen molar-refractivity contribution in [2.24, 2.45) is 0 Å². The Hall–Kier alpha value is -2.18. The molecule has 0 aliphatic rings. The lowest BCUT2D eigenvalue weighted by Gasteiger charge is -2.18. The van der Waals surface area contributed by atoms with Gasteiger partial charge in [0.25, 0.3) is 0 Å². The molecule has 0 spiro atoms. The van der Waals surface area contributed by atoms with Crippen LogP contribution in [0, 0.1) is 18.3 Å². The number of hydrogen-bond donors (Lipinski definition) is 2. The predicted molar refractivity (Wildman–Crippen MR) is 81.0 cm³/mol. The highest BCUT2D eigenvalue weighted by Gasteiger charge is 2.12. The van der Waals surface area contributed by atoms with Gasteiger partial charge in [0, 0.05) is 5.56 Å². The first-order chi connectivity index (χ1) is 9.51. The van der Waals surface area contributed by atoms with E-state index in [2.05, 4.69) is 5.32 Å². The average Bonchev–Trinajstić information content (AvgIpc) is 2.40. The molecule has 0 saturated carbocycles.